The van der Waals surface area contributed by atoms with E-state index in [1.54, 1.807) is 6.92 Å². The van der Waals surface area contributed by atoms with Gasteiger partial charge in [0.1, 0.15) is 35.3 Å². The third-order valence-corrected chi connectivity index (χ3v) is 12.8. The van der Waals surface area contributed by atoms with Crippen molar-refractivity contribution in [3.8, 4) is 0 Å². The second-order valence-electron chi connectivity index (χ2n) is 14.9. The summed E-state index contributed by atoms with van der Waals surface area (Å²) in [4.78, 5) is 54.6. The van der Waals surface area contributed by atoms with Crippen LogP contribution in [0.3, 0.4) is 0 Å². The van der Waals surface area contributed by atoms with Gasteiger partial charge in [-0.2, -0.15) is 0 Å². The number of esters is 2. The molecule has 7 aliphatic heterocycles. The van der Waals surface area contributed by atoms with Gasteiger partial charge in [-0.15, -0.1) is 0 Å². The minimum atomic E-state index is -2.03. The first kappa shape index (κ1) is 24.7. The molecule has 2 saturated carbocycles. The summed E-state index contributed by atoms with van der Waals surface area (Å²) in [6.07, 6.45) is -1.64. The molecular weight excluding hydrogens is 524 g/mol. The average molecular weight is 559 g/mol. The highest BCUT2D eigenvalue weighted by Gasteiger charge is 2.93. The number of ether oxygens (including phenoxy) is 6. The van der Waals surface area contributed by atoms with Crippen LogP contribution in [0.4, 0.5) is 0 Å². The van der Waals surface area contributed by atoms with Crippen LogP contribution >= 0.6 is 0 Å². The molecule has 0 unspecified atom stereocenters. The van der Waals surface area contributed by atoms with E-state index in [2.05, 4.69) is 0 Å². The summed E-state index contributed by atoms with van der Waals surface area (Å²) in [5.41, 5.74) is -7.25. The van der Waals surface area contributed by atoms with Crippen molar-refractivity contribution < 1.29 is 52.7 Å². The molecule has 11 heteroatoms. The lowest BCUT2D eigenvalue weighted by Crippen LogP contribution is -2.66. The molecule has 1 N–H and O–H groups in total. The van der Waals surface area contributed by atoms with E-state index in [0.717, 1.165) is 0 Å². The normalized spacial score (nSPS) is 63.2. The number of rotatable bonds is 0. The molecule has 7 saturated heterocycles. The van der Waals surface area contributed by atoms with Gasteiger partial charge in [0, 0.05) is 35.5 Å². The van der Waals surface area contributed by atoms with Gasteiger partial charge >= 0.3 is 11.9 Å². The highest BCUT2D eigenvalue weighted by Crippen LogP contribution is 2.76. The van der Waals surface area contributed by atoms with Crippen LogP contribution in [0.2, 0.25) is 0 Å². The van der Waals surface area contributed by atoms with Crippen LogP contribution in [0.5, 0.6) is 0 Å². The van der Waals surface area contributed by atoms with Crippen molar-refractivity contribution in [2.45, 2.75) is 125 Å². The van der Waals surface area contributed by atoms with Crippen molar-refractivity contribution in [3.63, 3.8) is 0 Å². The highest BCUT2D eigenvalue weighted by atomic mass is 16.8. The van der Waals surface area contributed by atoms with Crippen molar-refractivity contribution in [2.75, 3.05) is 0 Å². The molecule has 2 aliphatic carbocycles. The Kier molecular flexibility index (Phi) is 3.92. The summed E-state index contributed by atoms with van der Waals surface area (Å²) >= 11 is 0. The van der Waals surface area contributed by atoms with Crippen molar-refractivity contribution in [2.24, 2.45) is 29.1 Å². The first-order valence-corrected chi connectivity index (χ1v) is 14.6. The fourth-order valence-electron chi connectivity index (χ4n) is 11.1. The van der Waals surface area contributed by atoms with Crippen LogP contribution in [0.15, 0.2) is 0 Å². The maximum absolute atomic E-state index is 15.0. The Hall–Kier alpha value is -1.92. The topological polar surface area (TPSA) is 147 Å². The van der Waals surface area contributed by atoms with Crippen LogP contribution in [0, 0.1) is 29.1 Å². The standard InChI is InChI=1S/C29H34O11/c1-11-16-17-20(25(5,34)22(33)35-17)39-29-18(16)24(4,19(11)31)6-7-26(40-29)10-27-12(8-14-28(26,37-14)21(29)32)23(2,3)36-13(27)9-15(30)38-27/h11-14,16-18,20,34H,6-10H2,1-5H3/t11-,12-,13+,14-,16+,17+,18-,20-,24-,25+,26-,27+,28+,29-/m1/s1. The molecule has 4 spiro atoms. The molecule has 7 heterocycles. The zero-order chi connectivity index (χ0) is 28.2. The fourth-order valence-corrected chi connectivity index (χ4v) is 11.1. The lowest BCUT2D eigenvalue weighted by molar-refractivity contribution is -0.339. The van der Waals surface area contributed by atoms with E-state index in [4.69, 9.17) is 28.4 Å². The third-order valence-electron chi connectivity index (χ3n) is 12.8. The Morgan fingerprint density at radius 2 is 1.70 bits per heavy atom. The first-order chi connectivity index (χ1) is 18.6. The zero-order valence-corrected chi connectivity index (χ0v) is 23.2. The van der Waals surface area contributed by atoms with Crippen LogP contribution < -0.4 is 0 Å². The van der Waals surface area contributed by atoms with Gasteiger partial charge in [0.15, 0.2) is 11.2 Å². The molecule has 40 heavy (non-hydrogen) atoms. The number of carbonyl (C=O) groups excluding carboxylic acids is 4. The highest BCUT2D eigenvalue weighted by molar-refractivity contribution is 6.03. The summed E-state index contributed by atoms with van der Waals surface area (Å²) in [6, 6.07) is 0. The van der Waals surface area contributed by atoms with Gasteiger partial charge in [0.05, 0.1) is 18.1 Å². The summed E-state index contributed by atoms with van der Waals surface area (Å²) in [6.45, 7) is 8.95. The molecule has 9 fully saturated rings. The van der Waals surface area contributed by atoms with Crippen molar-refractivity contribution in [1.82, 2.24) is 0 Å². The maximum Gasteiger partial charge on any atom is 0.341 e. The molecule has 0 aromatic heterocycles. The minimum Gasteiger partial charge on any atom is -0.457 e. The Bertz CT molecular complexity index is 1350. The van der Waals surface area contributed by atoms with E-state index in [0.29, 0.717) is 19.3 Å². The number of ketones is 2. The molecule has 0 radical (unpaired) electrons. The number of hydrogen-bond acceptors (Lipinski definition) is 11. The number of epoxide rings is 1. The van der Waals surface area contributed by atoms with Crippen molar-refractivity contribution in [1.29, 1.82) is 0 Å². The average Bonchev–Trinajstić information content (AvgIpc) is 3.33. The molecule has 0 aromatic carbocycles. The lowest BCUT2D eigenvalue weighted by atomic mass is 9.60. The predicted molar refractivity (Wildman–Crippen MR) is 128 cm³/mol. The third kappa shape index (κ3) is 2.20. The fraction of sp³-hybridized carbons (Fsp3) is 0.862. The molecule has 0 amide bonds. The van der Waals surface area contributed by atoms with Crippen LogP contribution in [-0.2, 0) is 47.6 Å². The van der Waals surface area contributed by atoms with Crippen LogP contribution in [0.25, 0.3) is 0 Å². The molecular formula is C29H34O11. The van der Waals surface area contributed by atoms with Gasteiger partial charge in [-0.25, -0.2) is 4.79 Å². The Morgan fingerprint density at radius 3 is 2.45 bits per heavy atom. The largest absolute Gasteiger partial charge is 0.457 e. The first-order valence-electron chi connectivity index (χ1n) is 14.6. The minimum absolute atomic E-state index is 0.0310. The summed E-state index contributed by atoms with van der Waals surface area (Å²) in [7, 11) is 0. The van der Waals surface area contributed by atoms with Gasteiger partial charge in [0.25, 0.3) is 0 Å². The number of carbonyl (C=O) groups is 4. The Balaban J connectivity index is 1.25. The van der Waals surface area contributed by atoms with Gasteiger partial charge in [-0.05, 0) is 40.0 Å². The second kappa shape index (κ2) is 6.37. The Labute approximate surface area is 230 Å². The van der Waals surface area contributed by atoms with E-state index in [1.807, 2.05) is 20.8 Å². The molecule has 0 aromatic rings. The van der Waals surface area contributed by atoms with Gasteiger partial charge in [-0.3, -0.25) is 14.4 Å². The van der Waals surface area contributed by atoms with Gasteiger partial charge in [0.2, 0.25) is 11.6 Å². The molecule has 9 rings (SSSR count). The van der Waals surface area contributed by atoms with Gasteiger partial charge in [-0.1, -0.05) is 13.8 Å². The molecule has 14 atom stereocenters. The van der Waals surface area contributed by atoms with E-state index in [9.17, 15) is 24.3 Å². The van der Waals surface area contributed by atoms with E-state index >= 15 is 0 Å². The number of Topliss-reactive ketones (excluding diaryl/α,β-unsaturated/α-hetero) is 2. The monoisotopic (exact) mass is 558 g/mol. The number of fused-ring (bicyclic) bond motifs is 2. The lowest BCUT2D eigenvalue weighted by Gasteiger charge is -2.50. The maximum atomic E-state index is 15.0. The summed E-state index contributed by atoms with van der Waals surface area (Å²) < 4.78 is 38.4. The summed E-state index contributed by atoms with van der Waals surface area (Å²) in [5, 5.41) is 11.2. The molecule has 9 aliphatic rings. The van der Waals surface area contributed by atoms with Crippen molar-refractivity contribution >= 4 is 23.5 Å². The van der Waals surface area contributed by atoms with Crippen LogP contribution in [0.1, 0.15) is 66.7 Å². The van der Waals surface area contributed by atoms with E-state index < -0.39 is 93.1 Å². The van der Waals surface area contributed by atoms with Crippen LogP contribution in [-0.4, -0.2) is 86.8 Å². The number of aliphatic hydroxyl groups is 1. The van der Waals surface area contributed by atoms with E-state index in [-0.39, 0.29) is 30.5 Å². The van der Waals surface area contributed by atoms with Gasteiger partial charge < -0.3 is 33.5 Å². The van der Waals surface area contributed by atoms with Crippen molar-refractivity contribution in [3.05, 3.63) is 0 Å². The second-order valence-corrected chi connectivity index (χ2v) is 14.9. The molecule has 2 bridgehead atoms. The van der Waals surface area contributed by atoms with E-state index in [1.165, 1.54) is 6.92 Å². The quantitative estimate of drug-likeness (QED) is 0.332. The number of hydrogen-bond donors (Lipinski definition) is 1. The SMILES string of the molecule is C[C@H]1C(=O)[C@]2(C)CC[C@@]34C[C@@]56OC(=O)C[C@@H]5OC(C)(C)[C@H]6C[C@H]5O[C@]53C(=O)[C@]3(O[C@@H]5[C@@H](OC(=O)[C@@]5(C)O)[C@H]1[C@@H]32)O4. The molecule has 216 valence electrons. The molecule has 11 nitrogen and oxygen atoms in total. The predicted octanol–water partition coefficient (Wildman–Crippen LogP) is 0.758. The zero-order valence-electron chi connectivity index (χ0n) is 23.2. The Morgan fingerprint density at radius 1 is 0.950 bits per heavy atom. The smallest absolute Gasteiger partial charge is 0.341 e. The summed E-state index contributed by atoms with van der Waals surface area (Å²) in [5.74, 6) is -5.63.